The van der Waals surface area contributed by atoms with Gasteiger partial charge >= 0.3 is 0 Å². The van der Waals surface area contributed by atoms with Gasteiger partial charge in [-0.15, -0.1) is 0 Å². The number of aromatic nitrogens is 3. The van der Waals surface area contributed by atoms with Crippen molar-refractivity contribution in [2.24, 2.45) is 0 Å². The Hall–Kier alpha value is -4.63. The van der Waals surface area contributed by atoms with E-state index in [1.165, 1.54) is 32.9 Å². The van der Waals surface area contributed by atoms with Gasteiger partial charge in [-0.3, -0.25) is 4.57 Å². The minimum atomic E-state index is 0.877. The van der Waals surface area contributed by atoms with Gasteiger partial charge < -0.3 is 4.57 Å². The standard InChI is InChI=1S/C33H25N3/c1-2-33-34-29-17-5-8-20-32(29)36(33)26-14-10-12-24(22-26)23-11-9-13-25(21-23)35-30-18-6-3-15-27(30)28-16-4-7-19-31(28)35/h3-22H,2H2,1H3. The van der Waals surface area contributed by atoms with Crippen LogP contribution in [-0.2, 0) is 6.42 Å². The van der Waals surface area contributed by atoms with Gasteiger partial charge in [-0.1, -0.05) is 79.7 Å². The largest absolute Gasteiger partial charge is 0.309 e. The molecule has 7 aromatic rings. The maximum atomic E-state index is 4.88. The first-order valence-electron chi connectivity index (χ1n) is 12.5. The highest BCUT2D eigenvalue weighted by molar-refractivity contribution is 6.09. The van der Waals surface area contributed by atoms with Crippen LogP contribution in [0.5, 0.6) is 0 Å². The van der Waals surface area contributed by atoms with Gasteiger partial charge in [-0.25, -0.2) is 4.98 Å². The fourth-order valence-electron chi connectivity index (χ4n) is 5.45. The van der Waals surface area contributed by atoms with Crippen LogP contribution >= 0.6 is 0 Å². The highest BCUT2D eigenvalue weighted by Crippen LogP contribution is 2.33. The summed E-state index contributed by atoms with van der Waals surface area (Å²) in [6.07, 6.45) is 0.877. The minimum Gasteiger partial charge on any atom is -0.309 e. The number of aryl methyl sites for hydroxylation is 1. The third kappa shape index (κ3) is 3.17. The lowest BCUT2D eigenvalue weighted by atomic mass is 10.0. The van der Waals surface area contributed by atoms with Crippen molar-refractivity contribution < 1.29 is 0 Å². The molecule has 0 aliphatic carbocycles. The van der Waals surface area contributed by atoms with E-state index in [0.29, 0.717) is 0 Å². The van der Waals surface area contributed by atoms with Crippen LogP contribution in [0.3, 0.4) is 0 Å². The molecule has 2 heterocycles. The molecule has 3 nitrogen and oxygen atoms in total. The zero-order valence-electron chi connectivity index (χ0n) is 20.1. The van der Waals surface area contributed by atoms with E-state index >= 15 is 0 Å². The third-order valence-electron chi connectivity index (χ3n) is 7.07. The Morgan fingerprint density at radius 3 is 1.67 bits per heavy atom. The molecule has 0 saturated carbocycles. The Kier molecular flexibility index (Phi) is 4.74. The molecule has 0 aliphatic rings. The molecule has 0 spiro atoms. The fourth-order valence-corrected chi connectivity index (χ4v) is 5.45. The molecule has 0 aliphatic heterocycles. The highest BCUT2D eigenvalue weighted by Gasteiger charge is 2.14. The molecule has 2 aromatic heterocycles. The summed E-state index contributed by atoms with van der Waals surface area (Å²) < 4.78 is 4.66. The molecule has 0 atom stereocenters. The molecule has 172 valence electrons. The maximum Gasteiger partial charge on any atom is 0.114 e. The summed E-state index contributed by atoms with van der Waals surface area (Å²) in [5, 5.41) is 2.55. The van der Waals surface area contributed by atoms with Crippen LogP contribution in [0.4, 0.5) is 0 Å². The molecule has 0 fully saturated rings. The van der Waals surface area contributed by atoms with Gasteiger partial charge in [0, 0.05) is 28.6 Å². The lowest BCUT2D eigenvalue weighted by Gasteiger charge is -2.13. The number of imidazole rings is 1. The van der Waals surface area contributed by atoms with E-state index in [1.807, 2.05) is 0 Å². The number of rotatable bonds is 4. The lowest BCUT2D eigenvalue weighted by molar-refractivity contribution is 0.908. The zero-order valence-corrected chi connectivity index (χ0v) is 20.1. The summed E-state index contributed by atoms with van der Waals surface area (Å²) in [7, 11) is 0. The van der Waals surface area contributed by atoms with Crippen molar-refractivity contribution in [1.82, 2.24) is 14.1 Å². The van der Waals surface area contributed by atoms with E-state index < -0.39 is 0 Å². The van der Waals surface area contributed by atoms with Crippen LogP contribution in [0.15, 0.2) is 121 Å². The van der Waals surface area contributed by atoms with Gasteiger partial charge in [-0.05, 0) is 59.7 Å². The molecule has 0 saturated heterocycles. The predicted molar refractivity (Wildman–Crippen MR) is 150 cm³/mol. The molecule has 0 N–H and O–H groups in total. The monoisotopic (exact) mass is 463 g/mol. The quantitative estimate of drug-likeness (QED) is 0.257. The SMILES string of the molecule is CCc1nc2ccccc2n1-c1cccc(-c2cccc(-n3c4ccccc4c4ccccc43)c2)c1. The number of hydrogen-bond donors (Lipinski definition) is 0. The second-order valence-corrected chi connectivity index (χ2v) is 9.18. The van der Waals surface area contributed by atoms with Crippen molar-refractivity contribution in [3.05, 3.63) is 127 Å². The van der Waals surface area contributed by atoms with Gasteiger partial charge in [0.1, 0.15) is 5.82 Å². The summed E-state index contributed by atoms with van der Waals surface area (Å²) in [6.45, 7) is 2.16. The Labute approximate surface area is 209 Å². The van der Waals surface area contributed by atoms with Crippen LogP contribution in [0.25, 0.3) is 55.3 Å². The van der Waals surface area contributed by atoms with E-state index in [-0.39, 0.29) is 0 Å². The number of nitrogens with zero attached hydrogens (tertiary/aromatic N) is 3. The molecule has 36 heavy (non-hydrogen) atoms. The van der Waals surface area contributed by atoms with E-state index in [2.05, 4.69) is 137 Å². The zero-order chi connectivity index (χ0) is 24.1. The Balaban J connectivity index is 1.39. The van der Waals surface area contributed by atoms with Crippen molar-refractivity contribution in [3.63, 3.8) is 0 Å². The van der Waals surface area contributed by atoms with Gasteiger partial charge in [0.05, 0.1) is 22.1 Å². The molecule has 3 heteroatoms. The summed E-state index contributed by atoms with van der Waals surface area (Å²) in [5.74, 6) is 1.08. The van der Waals surface area contributed by atoms with Crippen molar-refractivity contribution in [2.45, 2.75) is 13.3 Å². The van der Waals surface area contributed by atoms with Crippen LogP contribution in [0, 0.1) is 0 Å². The van der Waals surface area contributed by atoms with Crippen molar-refractivity contribution >= 4 is 32.8 Å². The van der Waals surface area contributed by atoms with E-state index in [9.17, 15) is 0 Å². The molecule has 5 aromatic carbocycles. The van der Waals surface area contributed by atoms with Gasteiger partial charge in [0.25, 0.3) is 0 Å². The van der Waals surface area contributed by atoms with Crippen LogP contribution in [-0.4, -0.2) is 14.1 Å². The topological polar surface area (TPSA) is 22.8 Å². The number of benzene rings is 5. The second-order valence-electron chi connectivity index (χ2n) is 9.18. The Morgan fingerprint density at radius 2 is 1.06 bits per heavy atom. The predicted octanol–water partition coefficient (Wildman–Crippen LogP) is 8.35. The van der Waals surface area contributed by atoms with Crippen LogP contribution in [0.2, 0.25) is 0 Å². The number of hydrogen-bond acceptors (Lipinski definition) is 1. The average molecular weight is 464 g/mol. The maximum absolute atomic E-state index is 4.88. The van der Waals surface area contributed by atoms with Crippen LogP contribution < -0.4 is 0 Å². The fraction of sp³-hybridized carbons (Fsp3) is 0.0606. The van der Waals surface area contributed by atoms with Crippen molar-refractivity contribution in [1.29, 1.82) is 0 Å². The van der Waals surface area contributed by atoms with Gasteiger partial charge in [-0.2, -0.15) is 0 Å². The number of fused-ring (bicyclic) bond motifs is 4. The summed E-state index contributed by atoms with van der Waals surface area (Å²) in [4.78, 5) is 4.88. The molecule has 0 bridgehead atoms. The van der Waals surface area contributed by atoms with Crippen LogP contribution in [0.1, 0.15) is 12.7 Å². The summed E-state index contributed by atoms with van der Waals surface area (Å²) in [5.41, 5.74) is 9.31. The minimum absolute atomic E-state index is 0.877. The van der Waals surface area contributed by atoms with Crippen molar-refractivity contribution in [2.75, 3.05) is 0 Å². The average Bonchev–Trinajstić information content (AvgIpc) is 3.49. The molecule has 0 unspecified atom stereocenters. The summed E-state index contributed by atoms with van der Waals surface area (Å²) in [6, 6.07) is 43.3. The molecular weight excluding hydrogens is 438 g/mol. The van der Waals surface area contributed by atoms with E-state index in [4.69, 9.17) is 4.98 Å². The second kappa shape index (κ2) is 8.24. The summed E-state index contributed by atoms with van der Waals surface area (Å²) >= 11 is 0. The first kappa shape index (κ1) is 20.7. The van der Waals surface area contributed by atoms with Crippen molar-refractivity contribution in [3.8, 4) is 22.5 Å². The third-order valence-corrected chi connectivity index (χ3v) is 7.07. The molecule has 0 amide bonds. The normalized spacial score (nSPS) is 11.6. The number of para-hydroxylation sites is 4. The Morgan fingerprint density at radius 1 is 0.528 bits per heavy atom. The lowest BCUT2D eigenvalue weighted by Crippen LogP contribution is -2.00. The molecule has 7 rings (SSSR count). The first-order chi connectivity index (χ1) is 17.8. The highest BCUT2D eigenvalue weighted by atomic mass is 15.1. The molecular formula is C33H25N3. The smallest absolute Gasteiger partial charge is 0.114 e. The first-order valence-corrected chi connectivity index (χ1v) is 12.5. The van der Waals surface area contributed by atoms with E-state index in [1.54, 1.807) is 0 Å². The Bertz CT molecular complexity index is 1830. The molecule has 0 radical (unpaired) electrons. The van der Waals surface area contributed by atoms with E-state index in [0.717, 1.165) is 34.7 Å². The van der Waals surface area contributed by atoms with Gasteiger partial charge in [0.15, 0.2) is 0 Å². The van der Waals surface area contributed by atoms with Gasteiger partial charge in [0.2, 0.25) is 0 Å².